The molecule has 0 aliphatic rings. The lowest BCUT2D eigenvalue weighted by molar-refractivity contribution is -0.121. The van der Waals surface area contributed by atoms with Crippen molar-refractivity contribution in [2.24, 2.45) is 0 Å². The van der Waals surface area contributed by atoms with Crippen molar-refractivity contribution >= 4 is 39.0 Å². The Bertz CT molecular complexity index is 1090. The van der Waals surface area contributed by atoms with Gasteiger partial charge in [-0.1, -0.05) is 30.3 Å². The van der Waals surface area contributed by atoms with E-state index in [0.29, 0.717) is 25.9 Å². The summed E-state index contributed by atoms with van der Waals surface area (Å²) in [7, 11) is 0. The Morgan fingerprint density at radius 1 is 1.04 bits per heavy atom. The highest BCUT2D eigenvalue weighted by atomic mass is 16.3. The van der Waals surface area contributed by atoms with E-state index in [2.05, 4.69) is 9.88 Å². The number of aliphatic hydroxyl groups excluding tert-OH is 1. The molecule has 6 heteroatoms. The lowest BCUT2D eigenvalue weighted by Gasteiger charge is -2.08. The molecule has 0 aliphatic carbocycles. The van der Waals surface area contributed by atoms with Gasteiger partial charge in [-0.2, -0.15) is 0 Å². The highest BCUT2D eigenvalue weighted by Gasteiger charge is 2.14. The predicted molar refractivity (Wildman–Crippen MR) is 102 cm³/mol. The van der Waals surface area contributed by atoms with Gasteiger partial charge < -0.3 is 15.0 Å². The van der Waals surface area contributed by atoms with Gasteiger partial charge in [-0.05, 0) is 24.6 Å². The van der Waals surface area contributed by atoms with Crippen LogP contribution < -0.4 is 5.32 Å². The fourth-order valence-electron chi connectivity index (χ4n) is 3.22. The maximum atomic E-state index is 12.1. The molecule has 0 radical (unpaired) electrons. The zero-order valence-electron chi connectivity index (χ0n) is 14.4. The number of amides is 1. The fourth-order valence-corrected chi connectivity index (χ4v) is 3.22. The Morgan fingerprint density at radius 2 is 1.77 bits per heavy atom. The molecule has 2 N–H and O–H groups in total. The van der Waals surface area contributed by atoms with Crippen molar-refractivity contribution < 1.29 is 9.90 Å². The number of benzene rings is 2. The predicted octanol–water partition coefficient (Wildman–Crippen LogP) is 2.63. The molecule has 0 spiro atoms. The van der Waals surface area contributed by atoms with Crippen LogP contribution >= 0.6 is 0 Å². The zero-order chi connectivity index (χ0) is 17.9. The van der Waals surface area contributed by atoms with Crippen molar-refractivity contribution in [3.05, 3.63) is 48.5 Å². The summed E-state index contributed by atoms with van der Waals surface area (Å²) in [6.07, 6.45) is 0.923. The van der Waals surface area contributed by atoms with Crippen LogP contribution in [0.2, 0.25) is 0 Å². The van der Waals surface area contributed by atoms with Crippen LogP contribution in [0.5, 0.6) is 0 Å². The summed E-state index contributed by atoms with van der Waals surface area (Å²) in [6, 6.07) is 15.9. The second-order valence-electron chi connectivity index (χ2n) is 6.23. The molecule has 2 aromatic carbocycles. The SMILES string of the molecule is O=C(CCn1c2ccccc2c2nc3ccccc3nc21)NCCCO. The molecule has 2 aromatic heterocycles. The second kappa shape index (κ2) is 7.09. The minimum atomic E-state index is -0.0295. The Balaban J connectivity index is 1.74. The van der Waals surface area contributed by atoms with Crippen LogP contribution in [0.25, 0.3) is 33.1 Å². The average molecular weight is 348 g/mol. The van der Waals surface area contributed by atoms with E-state index in [1.807, 2.05) is 48.5 Å². The number of aryl methyl sites for hydroxylation is 1. The minimum absolute atomic E-state index is 0.0295. The number of para-hydroxylation sites is 3. The van der Waals surface area contributed by atoms with Crippen molar-refractivity contribution in [2.75, 3.05) is 13.2 Å². The monoisotopic (exact) mass is 348 g/mol. The highest BCUT2D eigenvalue weighted by molar-refractivity contribution is 6.06. The molecule has 1 amide bonds. The molecular formula is C20H20N4O2. The molecule has 0 saturated carbocycles. The lowest BCUT2D eigenvalue weighted by Crippen LogP contribution is -2.26. The van der Waals surface area contributed by atoms with Gasteiger partial charge in [-0.3, -0.25) is 4.79 Å². The smallest absolute Gasteiger partial charge is 0.221 e. The van der Waals surface area contributed by atoms with Gasteiger partial charge in [-0.15, -0.1) is 0 Å². The van der Waals surface area contributed by atoms with Crippen LogP contribution in [0.3, 0.4) is 0 Å². The van der Waals surface area contributed by atoms with Crippen molar-refractivity contribution in [3.8, 4) is 0 Å². The number of hydrogen-bond donors (Lipinski definition) is 2. The number of fused-ring (bicyclic) bond motifs is 4. The molecule has 0 bridgehead atoms. The van der Waals surface area contributed by atoms with Gasteiger partial charge in [0, 0.05) is 31.5 Å². The van der Waals surface area contributed by atoms with Gasteiger partial charge in [0.05, 0.1) is 16.6 Å². The summed E-state index contributed by atoms with van der Waals surface area (Å²) in [6.45, 7) is 1.10. The number of nitrogens with zero attached hydrogens (tertiary/aromatic N) is 3. The van der Waals surface area contributed by atoms with Crippen LogP contribution in [-0.4, -0.2) is 38.7 Å². The summed E-state index contributed by atoms with van der Waals surface area (Å²) in [5, 5.41) is 12.7. The van der Waals surface area contributed by atoms with Gasteiger partial charge in [0.15, 0.2) is 5.65 Å². The molecule has 0 saturated heterocycles. The molecule has 0 unspecified atom stereocenters. The molecule has 26 heavy (non-hydrogen) atoms. The van der Waals surface area contributed by atoms with E-state index in [1.165, 1.54) is 0 Å². The summed E-state index contributed by atoms with van der Waals surface area (Å²) < 4.78 is 2.07. The first-order valence-electron chi connectivity index (χ1n) is 8.79. The fraction of sp³-hybridized carbons (Fsp3) is 0.250. The largest absolute Gasteiger partial charge is 0.396 e. The molecule has 0 atom stereocenters. The van der Waals surface area contributed by atoms with E-state index < -0.39 is 0 Å². The Hall–Kier alpha value is -2.99. The first-order valence-corrected chi connectivity index (χ1v) is 8.79. The number of aromatic nitrogens is 3. The third-order valence-corrected chi connectivity index (χ3v) is 4.48. The van der Waals surface area contributed by atoms with Crippen molar-refractivity contribution in [1.29, 1.82) is 0 Å². The van der Waals surface area contributed by atoms with E-state index in [1.54, 1.807) is 0 Å². The van der Waals surface area contributed by atoms with E-state index in [4.69, 9.17) is 15.1 Å². The van der Waals surface area contributed by atoms with Crippen LogP contribution in [0.15, 0.2) is 48.5 Å². The number of carbonyl (C=O) groups is 1. The van der Waals surface area contributed by atoms with Crippen molar-refractivity contribution in [2.45, 2.75) is 19.4 Å². The first-order chi connectivity index (χ1) is 12.8. The van der Waals surface area contributed by atoms with Crippen LogP contribution in [-0.2, 0) is 11.3 Å². The highest BCUT2D eigenvalue weighted by Crippen LogP contribution is 2.28. The quantitative estimate of drug-likeness (QED) is 0.525. The Labute approximate surface area is 150 Å². The third-order valence-electron chi connectivity index (χ3n) is 4.48. The summed E-state index contributed by atoms with van der Waals surface area (Å²) in [5.41, 5.74) is 4.40. The standard InChI is InChI=1S/C20H20N4O2/c25-13-5-11-21-18(26)10-12-24-17-9-4-1-6-14(17)19-20(24)23-16-8-3-2-7-15(16)22-19/h1-4,6-9,25H,5,10-13H2,(H,21,26). The van der Waals surface area contributed by atoms with Crippen LogP contribution in [0, 0.1) is 0 Å². The number of nitrogens with one attached hydrogen (secondary N) is 1. The number of carbonyl (C=O) groups excluding carboxylic acids is 1. The topological polar surface area (TPSA) is 80.0 Å². The maximum Gasteiger partial charge on any atom is 0.221 e. The minimum Gasteiger partial charge on any atom is -0.396 e. The molecule has 132 valence electrons. The van der Waals surface area contributed by atoms with Crippen molar-refractivity contribution in [3.63, 3.8) is 0 Å². The summed E-state index contributed by atoms with van der Waals surface area (Å²) >= 11 is 0. The van der Waals surface area contributed by atoms with E-state index in [9.17, 15) is 4.79 Å². The van der Waals surface area contributed by atoms with E-state index in [0.717, 1.165) is 33.1 Å². The van der Waals surface area contributed by atoms with Crippen LogP contribution in [0.4, 0.5) is 0 Å². The Kier molecular flexibility index (Phi) is 4.50. The molecule has 4 aromatic rings. The van der Waals surface area contributed by atoms with Gasteiger partial charge in [-0.25, -0.2) is 9.97 Å². The number of hydrogen-bond acceptors (Lipinski definition) is 4. The Morgan fingerprint density at radius 3 is 2.58 bits per heavy atom. The summed E-state index contributed by atoms with van der Waals surface area (Å²) in [4.78, 5) is 21.7. The van der Waals surface area contributed by atoms with Gasteiger partial charge in [0.2, 0.25) is 5.91 Å². The zero-order valence-corrected chi connectivity index (χ0v) is 14.4. The lowest BCUT2D eigenvalue weighted by atomic mass is 10.2. The van der Waals surface area contributed by atoms with E-state index >= 15 is 0 Å². The molecule has 6 nitrogen and oxygen atoms in total. The summed E-state index contributed by atoms with van der Waals surface area (Å²) in [5.74, 6) is -0.0295. The molecule has 2 heterocycles. The third kappa shape index (κ3) is 2.99. The van der Waals surface area contributed by atoms with Crippen molar-refractivity contribution in [1.82, 2.24) is 19.9 Å². The molecule has 0 aliphatic heterocycles. The number of rotatable bonds is 6. The molecular weight excluding hydrogens is 328 g/mol. The van der Waals surface area contributed by atoms with E-state index in [-0.39, 0.29) is 12.5 Å². The number of aliphatic hydroxyl groups is 1. The molecule has 0 fully saturated rings. The normalized spacial score (nSPS) is 11.4. The average Bonchev–Trinajstić information content (AvgIpc) is 2.98. The van der Waals surface area contributed by atoms with Gasteiger partial charge in [0.1, 0.15) is 5.52 Å². The van der Waals surface area contributed by atoms with Gasteiger partial charge >= 0.3 is 0 Å². The first kappa shape index (κ1) is 16.5. The second-order valence-corrected chi connectivity index (χ2v) is 6.23. The van der Waals surface area contributed by atoms with Crippen LogP contribution in [0.1, 0.15) is 12.8 Å². The van der Waals surface area contributed by atoms with Gasteiger partial charge in [0.25, 0.3) is 0 Å². The molecule has 4 rings (SSSR count). The maximum absolute atomic E-state index is 12.1.